The van der Waals surface area contributed by atoms with Gasteiger partial charge in [-0.3, -0.25) is 4.21 Å². The van der Waals surface area contributed by atoms with Gasteiger partial charge in [-0.15, -0.1) is 0 Å². The lowest BCUT2D eigenvalue weighted by Gasteiger charge is -2.22. The zero-order valence-electron chi connectivity index (χ0n) is 10.4. The first kappa shape index (κ1) is 11.9. The Labute approximate surface area is 109 Å². The highest BCUT2D eigenvalue weighted by molar-refractivity contribution is 7.85. The lowest BCUT2D eigenvalue weighted by Crippen LogP contribution is -2.36. The Balaban J connectivity index is 2.07. The lowest BCUT2D eigenvalue weighted by molar-refractivity contribution is 0.449. The van der Waals surface area contributed by atoms with Crippen LogP contribution in [0.25, 0.3) is 11.0 Å². The van der Waals surface area contributed by atoms with Crippen LogP contribution < -0.4 is 5.32 Å². The molecule has 96 valence electrons. The SMILES string of the molecule is CCc1c(C2CS(=O)CCN2)oc2ccccc12. The van der Waals surface area contributed by atoms with Crippen LogP contribution in [-0.2, 0) is 17.2 Å². The number of hydrogen-bond acceptors (Lipinski definition) is 3. The molecular formula is C14H17NO2S. The summed E-state index contributed by atoms with van der Waals surface area (Å²) in [6.07, 6.45) is 0.942. The van der Waals surface area contributed by atoms with Crippen molar-refractivity contribution in [2.24, 2.45) is 0 Å². The van der Waals surface area contributed by atoms with Gasteiger partial charge in [0.1, 0.15) is 11.3 Å². The van der Waals surface area contributed by atoms with Crippen LogP contribution in [0.4, 0.5) is 0 Å². The summed E-state index contributed by atoms with van der Waals surface area (Å²) >= 11 is 0. The van der Waals surface area contributed by atoms with E-state index in [9.17, 15) is 4.21 Å². The highest BCUT2D eigenvalue weighted by atomic mass is 32.2. The predicted octanol–water partition coefficient (Wildman–Crippen LogP) is 2.39. The molecule has 4 heteroatoms. The molecule has 1 N–H and O–H groups in total. The molecule has 18 heavy (non-hydrogen) atoms. The third-order valence-corrected chi connectivity index (χ3v) is 4.84. The fraction of sp³-hybridized carbons (Fsp3) is 0.429. The highest BCUT2D eigenvalue weighted by Gasteiger charge is 2.25. The molecule has 1 aromatic carbocycles. The van der Waals surface area contributed by atoms with Gasteiger partial charge in [0.05, 0.1) is 6.04 Å². The number of aryl methyl sites for hydroxylation is 1. The van der Waals surface area contributed by atoms with Crippen LogP contribution in [-0.4, -0.2) is 22.3 Å². The molecule has 2 aromatic rings. The summed E-state index contributed by atoms with van der Waals surface area (Å²) in [4.78, 5) is 0. The first-order chi connectivity index (χ1) is 8.79. The summed E-state index contributed by atoms with van der Waals surface area (Å²) in [5.74, 6) is 2.39. The maximum absolute atomic E-state index is 11.7. The van der Waals surface area contributed by atoms with E-state index in [1.165, 1.54) is 10.9 Å². The zero-order chi connectivity index (χ0) is 12.5. The van der Waals surface area contributed by atoms with Crippen molar-refractivity contribution in [3.8, 4) is 0 Å². The van der Waals surface area contributed by atoms with Gasteiger partial charge in [-0.2, -0.15) is 0 Å². The van der Waals surface area contributed by atoms with Gasteiger partial charge in [0.25, 0.3) is 0 Å². The normalized spacial score (nSPS) is 24.5. The van der Waals surface area contributed by atoms with Gasteiger partial charge >= 0.3 is 0 Å². The number of fused-ring (bicyclic) bond motifs is 1. The van der Waals surface area contributed by atoms with Crippen molar-refractivity contribution in [2.75, 3.05) is 18.1 Å². The van der Waals surface area contributed by atoms with Gasteiger partial charge in [0.2, 0.25) is 0 Å². The summed E-state index contributed by atoms with van der Waals surface area (Å²) in [5.41, 5.74) is 2.18. The average Bonchev–Trinajstić information content (AvgIpc) is 2.77. The Bertz CT molecular complexity index is 590. The number of rotatable bonds is 2. The molecule has 2 atom stereocenters. The second-order valence-electron chi connectivity index (χ2n) is 4.61. The van der Waals surface area contributed by atoms with Crippen molar-refractivity contribution in [3.63, 3.8) is 0 Å². The average molecular weight is 263 g/mol. The van der Waals surface area contributed by atoms with Crippen molar-refractivity contribution in [3.05, 3.63) is 35.6 Å². The summed E-state index contributed by atoms with van der Waals surface area (Å²) in [6, 6.07) is 8.22. The van der Waals surface area contributed by atoms with Crippen LogP contribution in [0.3, 0.4) is 0 Å². The second-order valence-corrected chi connectivity index (χ2v) is 6.23. The van der Waals surface area contributed by atoms with E-state index in [1.807, 2.05) is 18.2 Å². The minimum Gasteiger partial charge on any atom is -0.459 e. The lowest BCUT2D eigenvalue weighted by atomic mass is 10.0. The Morgan fingerprint density at radius 1 is 1.44 bits per heavy atom. The Morgan fingerprint density at radius 2 is 2.28 bits per heavy atom. The van der Waals surface area contributed by atoms with Crippen LogP contribution in [0.5, 0.6) is 0 Å². The molecule has 1 aliphatic rings. The third kappa shape index (κ3) is 1.99. The van der Waals surface area contributed by atoms with Crippen LogP contribution in [0.1, 0.15) is 24.3 Å². The molecule has 3 rings (SSSR count). The van der Waals surface area contributed by atoms with E-state index in [0.29, 0.717) is 5.75 Å². The number of nitrogens with one attached hydrogen (secondary N) is 1. The predicted molar refractivity (Wildman–Crippen MR) is 74.2 cm³/mol. The molecular weight excluding hydrogens is 246 g/mol. The monoisotopic (exact) mass is 263 g/mol. The van der Waals surface area contributed by atoms with E-state index in [1.54, 1.807) is 0 Å². The minimum absolute atomic E-state index is 0.0990. The molecule has 0 saturated carbocycles. The number of para-hydroxylation sites is 1. The number of hydrogen-bond donors (Lipinski definition) is 1. The fourth-order valence-corrected chi connectivity index (χ4v) is 3.76. The largest absolute Gasteiger partial charge is 0.459 e. The first-order valence-electron chi connectivity index (χ1n) is 6.38. The Morgan fingerprint density at radius 3 is 3.06 bits per heavy atom. The molecule has 1 fully saturated rings. The molecule has 1 aromatic heterocycles. The quantitative estimate of drug-likeness (QED) is 0.904. The maximum Gasteiger partial charge on any atom is 0.134 e. The van der Waals surface area contributed by atoms with Crippen LogP contribution in [0.2, 0.25) is 0 Å². The summed E-state index contributed by atoms with van der Waals surface area (Å²) in [5, 5.41) is 4.60. The standard InChI is InChI=1S/C14H17NO2S/c1-2-10-11-5-3-4-6-13(11)17-14(10)12-9-18(16)8-7-15-12/h3-6,12,15H,2,7-9H2,1H3. The van der Waals surface area contributed by atoms with E-state index in [2.05, 4.69) is 18.3 Å². The number of benzene rings is 1. The van der Waals surface area contributed by atoms with Gasteiger partial charge < -0.3 is 9.73 Å². The van der Waals surface area contributed by atoms with Crippen molar-refractivity contribution in [1.82, 2.24) is 5.32 Å². The van der Waals surface area contributed by atoms with Crippen molar-refractivity contribution in [2.45, 2.75) is 19.4 Å². The van der Waals surface area contributed by atoms with E-state index < -0.39 is 10.8 Å². The van der Waals surface area contributed by atoms with Crippen molar-refractivity contribution in [1.29, 1.82) is 0 Å². The van der Waals surface area contributed by atoms with Gasteiger partial charge in [0.15, 0.2) is 0 Å². The summed E-state index contributed by atoms with van der Waals surface area (Å²) in [6.45, 7) is 2.94. The van der Waals surface area contributed by atoms with Gasteiger partial charge in [0, 0.05) is 39.8 Å². The molecule has 0 spiro atoms. The molecule has 1 saturated heterocycles. The second kappa shape index (κ2) is 4.86. The molecule has 3 nitrogen and oxygen atoms in total. The molecule has 2 unspecified atom stereocenters. The van der Waals surface area contributed by atoms with E-state index in [4.69, 9.17) is 4.42 Å². The van der Waals surface area contributed by atoms with E-state index >= 15 is 0 Å². The van der Waals surface area contributed by atoms with Crippen LogP contribution in [0.15, 0.2) is 28.7 Å². The molecule has 0 bridgehead atoms. The van der Waals surface area contributed by atoms with E-state index in [-0.39, 0.29) is 6.04 Å². The van der Waals surface area contributed by atoms with Crippen molar-refractivity contribution >= 4 is 21.8 Å². The summed E-state index contributed by atoms with van der Waals surface area (Å²) < 4.78 is 17.7. The Kier molecular flexibility index (Phi) is 3.22. The minimum atomic E-state index is -0.725. The fourth-order valence-electron chi connectivity index (χ4n) is 2.61. The van der Waals surface area contributed by atoms with Gasteiger partial charge in [-0.25, -0.2) is 0 Å². The summed E-state index contributed by atoms with van der Waals surface area (Å²) in [7, 11) is -0.725. The molecule has 0 amide bonds. The van der Waals surface area contributed by atoms with Crippen LogP contribution >= 0.6 is 0 Å². The van der Waals surface area contributed by atoms with Gasteiger partial charge in [-0.1, -0.05) is 25.1 Å². The Hall–Kier alpha value is -1.13. The first-order valence-corrected chi connectivity index (χ1v) is 7.87. The van der Waals surface area contributed by atoms with E-state index in [0.717, 1.165) is 30.1 Å². The molecule has 0 aliphatic carbocycles. The molecule has 0 radical (unpaired) electrons. The van der Waals surface area contributed by atoms with Crippen molar-refractivity contribution < 1.29 is 8.63 Å². The topological polar surface area (TPSA) is 42.2 Å². The highest BCUT2D eigenvalue weighted by Crippen LogP contribution is 2.31. The third-order valence-electron chi connectivity index (χ3n) is 3.47. The zero-order valence-corrected chi connectivity index (χ0v) is 11.3. The van der Waals surface area contributed by atoms with Gasteiger partial charge in [-0.05, 0) is 12.5 Å². The smallest absolute Gasteiger partial charge is 0.134 e. The number of furan rings is 1. The molecule has 1 aliphatic heterocycles. The maximum atomic E-state index is 11.7. The van der Waals surface area contributed by atoms with Crippen LogP contribution in [0, 0.1) is 0 Å². The molecule has 2 heterocycles.